The predicted octanol–water partition coefficient (Wildman–Crippen LogP) is 1.43. The normalized spacial score (nSPS) is 15.7. The Morgan fingerprint density at radius 3 is 2.55 bits per heavy atom. The third kappa shape index (κ3) is 3.52. The summed E-state index contributed by atoms with van der Waals surface area (Å²) in [6.45, 7) is 1.04. The van der Waals surface area contributed by atoms with Crippen molar-refractivity contribution < 1.29 is 12.8 Å². The largest absolute Gasteiger partial charge is 0.331 e. The number of alkyl halides is 1. The summed E-state index contributed by atoms with van der Waals surface area (Å²) in [4.78, 5) is 25.6. The van der Waals surface area contributed by atoms with Gasteiger partial charge in [0.15, 0.2) is 9.84 Å². The lowest BCUT2D eigenvalue weighted by molar-refractivity contribution is 0.367. The number of nitrogens with zero attached hydrogens (tertiary/aromatic N) is 4. The Balaban J connectivity index is 1.83. The minimum Gasteiger partial charge on any atom is -0.296 e. The quantitative estimate of drug-likeness (QED) is 0.577. The monoisotopic (exact) mass is 438 g/mol. The molecule has 154 valence electrons. The zero-order valence-electron chi connectivity index (χ0n) is 15.9. The van der Waals surface area contributed by atoms with Crippen LogP contribution in [0.1, 0.15) is 22.9 Å². The molecule has 0 atom stereocenters. The van der Waals surface area contributed by atoms with Gasteiger partial charge >= 0.3 is 5.69 Å². The van der Waals surface area contributed by atoms with Gasteiger partial charge in [-0.1, -0.05) is 11.3 Å². The molecule has 1 aliphatic carbocycles. The van der Waals surface area contributed by atoms with Crippen LogP contribution in [0.4, 0.5) is 4.39 Å². The molecule has 2 heterocycles. The number of aryl methyl sites for hydroxylation is 2. The molecule has 0 bridgehead atoms. The lowest BCUT2D eigenvalue weighted by Gasteiger charge is -2.13. The van der Waals surface area contributed by atoms with Gasteiger partial charge in [-0.2, -0.15) is 0 Å². The number of halogens is 1. The minimum absolute atomic E-state index is 0.0428. The maximum atomic E-state index is 13.2. The van der Waals surface area contributed by atoms with E-state index in [0.29, 0.717) is 28.4 Å². The van der Waals surface area contributed by atoms with Gasteiger partial charge in [-0.15, -0.1) is 10.2 Å². The van der Waals surface area contributed by atoms with E-state index < -0.39 is 33.2 Å². The molecule has 11 heteroatoms. The number of hydrogen-bond acceptors (Lipinski definition) is 7. The zero-order chi connectivity index (χ0) is 21.0. The van der Waals surface area contributed by atoms with Crippen LogP contribution in [0.15, 0.2) is 32.7 Å². The van der Waals surface area contributed by atoms with Gasteiger partial charge in [0, 0.05) is 12.5 Å². The van der Waals surface area contributed by atoms with E-state index >= 15 is 0 Å². The summed E-state index contributed by atoms with van der Waals surface area (Å²) >= 11 is 1.27. The molecule has 1 aliphatic rings. The standard InChI is InChI=1S/C18H19FN4O4S2/c1-11-20-21-15(28-11)8-23-16(24)13-7-12(3-4-14(13)22(2)17(23)25)29(26,27)10-18(9-19)5-6-18/h3-4,7H,5-6,8-10H2,1-2H3. The summed E-state index contributed by atoms with van der Waals surface area (Å²) in [6.07, 6.45) is 1.08. The van der Waals surface area contributed by atoms with Crippen molar-refractivity contribution in [1.29, 1.82) is 0 Å². The van der Waals surface area contributed by atoms with Crippen LogP contribution >= 0.6 is 11.3 Å². The summed E-state index contributed by atoms with van der Waals surface area (Å²) in [5, 5.41) is 9.15. The highest BCUT2D eigenvalue weighted by molar-refractivity contribution is 7.91. The third-order valence-corrected chi connectivity index (χ3v) is 8.07. The molecule has 8 nitrogen and oxygen atoms in total. The van der Waals surface area contributed by atoms with Crippen LogP contribution in [0.2, 0.25) is 0 Å². The van der Waals surface area contributed by atoms with Gasteiger partial charge in [-0.25, -0.2) is 13.2 Å². The molecule has 1 saturated carbocycles. The number of sulfone groups is 1. The van der Waals surface area contributed by atoms with E-state index in [2.05, 4.69) is 10.2 Å². The summed E-state index contributed by atoms with van der Waals surface area (Å²) in [6, 6.07) is 4.09. The van der Waals surface area contributed by atoms with Crippen molar-refractivity contribution in [3.63, 3.8) is 0 Å². The highest BCUT2D eigenvalue weighted by Gasteiger charge is 2.46. The van der Waals surface area contributed by atoms with E-state index in [0.717, 1.165) is 4.57 Å². The molecule has 0 radical (unpaired) electrons. The zero-order valence-corrected chi connectivity index (χ0v) is 17.5. The number of fused-ring (bicyclic) bond motifs is 1. The van der Waals surface area contributed by atoms with Gasteiger partial charge in [0.05, 0.1) is 34.8 Å². The second kappa shape index (κ2) is 6.84. The van der Waals surface area contributed by atoms with Gasteiger partial charge in [0.2, 0.25) is 0 Å². The van der Waals surface area contributed by atoms with Crippen molar-refractivity contribution in [3.8, 4) is 0 Å². The topological polar surface area (TPSA) is 104 Å². The Hall–Kier alpha value is -2.40. The fourth-order valence-electron chi connectivity index (χ4n) is 3.34. The van der Waals surface area contributed by atoms with Crippen LogP contribution in [-0.4, -0.2) is 40.2 Å². The Morgan fingerprint density at radius 2 is 1.97 bits per heavy atom. The molecule has 0 amide bonds. The third-order valence-electron chi connectivity index (χ3n) is 5.28. The predicted molar refractivity (Wildman–Crippen MR) is 107 cm³/mol. The summed E-state index contributed by atoms with van der Waals surface area (Å²) in [7, 11) is -2.25. The fourth-order valence-corrected chi connectivity index (χ4v) is 5.95. The second-order valence-electron chi connectivity index (χ2n) is 7.52. The van der Waals surface area contributed by atoms with Crippen molar-refractivity contribution in [2.45, 2.75) is 31.2 Å². The highest BCUT2D eigenvalue weighted by atomic mass is 32.2. The molecule has 0 saturated heterocycles. The lowest BCUT2D eigenvalue weighted by atomic mass is 10.2. The lowest BCUT2D eigenvalue weighted by Crippen LogP contribution is -2.39. The molecule has 0 aliphatic heterocycles. The van der Waals surface area contributed by atoms with Gasteiger partial charge < -0.3 is 0 Å². The number of rotatable bonds is 6. The van der Waals surface area contributed by atoms with Crippen molar-refractivity contribution in [2.24, 2.45) is 12.5 Å². The van der Waals surface area contributed by atoms with Crippen molar-refractivity contribution in [2.75, 3.05) is 12.4 Å². The Labute approximate surface area is 169 Å². The van der Waals surface area contributed by atoms with Crippen LogP contribution in [-0.2, 0) is 23.4 Å². The van der Waals surface area contributed by atoms with Crippen LogP contribution in [0, 0.1) is 12.3 Å². The van der Waals surface area contributed by atoms with Crippen LogP contribution in [0.5, 0.6) is 0 Å². The average Bonchev–Trinajstić information content (AvgIpc) is 3.33. The van der Waals surface area contributed by atoms with Crippen molar-refractivity contribution >= 4 is 32.1 Å². The van der Waals surface area contributed by atoms with E-state index in [-0.39, 0.29) is 22.6 Å². The first-order chi connectivity index (χ1) is 13.7. The van der Waals surface area contributed by atoms with E-state index in [1.807, 2.05) is 0 Å². The maximum absolute atomic E-state index is 13.2. The van der Waals surface area contributed by atoms with E-state index in [1.54, 1.807) is 6.92 Å². The Kier molecular flexibility index (Phi) is 4.69. The average molecular weight is 439 g/mol. The molecule has 4 rings (SSSR count). The summed E-state index contributed by atoms with van der Waals surface area (Å²) in [5.41, 5.74) is -1.59. The van der Waals surface area contributed by atoms with Gasteiger partial charge in [-0.05, 0) is 38.0 Å². The van der Waals surface area contributed by atoms with E-state index in [9.17, 15) is 22.4 Å². The number of benzene rings is 1. The van der Waals surface area contributed by atoms with E-state index in [1.165, 1.54) is 41.2 Å². The second-order valence-corrected chi connectivity index (χ2v) is 10.8. The minimum atomic E-state index is -3.76. The summed E-state index contributed by atoms with van der Waals surface area (Å²) in [5.74, 6) is -0.286. The number of hydrogen-bond donors (Lipinski definition) is 0. The maximum Gasteiger partial charge on any atom is 0.331 e. The highest BCUT2D eigenvalue weighted by Crippen LogP contribution is 2.47. The van der Waals surface area contributed by atoms with Crippen LogP contribution < -0.4 is 11.2 Å². The molecule has 1 fully saturated rings. The van der Waals surface area contributed by atoms with Crippen molar-refractivity contribution in [1.82, 2.24) is 19.3 Å². The first kappa shape index (κ1) is 19.9. The first-order valence-corrected chi connectivity index (χ1v) is 11.4. The molecule has 2 aromatic heterocycles. The van der Waals surface area contributed by atoms with E-state index in [4.69, 9.17) is 0 Å². The first-order valence-electron chi connectivity index (χ1n) is 8.97. The molecule has 0 spiro atoms. The molecule has 1 aromatic carbocycles. The van der Waals surface area contributed by atoms with Crippen LogP contribution in [0.3, 0.4) is 0 Å². The SMILES string of the molecule is Cc1nnc(Cn2c(=O)c3cc(S(=O)(=O)CC4(CF)CC4)ccc3n(C)c2=O)s1. The Bertz CT molecular complexity index is 1340. The Morgan fingerprint density at radius 1 is 1.24 bits per heavy atom. The van der Waals surface area contributed by atoms with Gasteiger partial charge in [-0.3, -0.25) is 18.3 Å². The fraction of sp³-hybridized carbons (Fsp3) is 0.444. The number of aromatic nitrogens is 4. The molecule has 3 aromatic rings. The molecular weight excluding hydrogens is 419 g/mol. The van der Waals surface area contributed by atoms with Gasteiger partial charge in [0.25, 0.3) is 5.56 Å². The van der Waals surface area contributed by atoms with Crippen molar-refractivity contribution in [3.05, 3.63) is 49.1 Å². The molecule has 29 heavy (non-hydrogen) atoms. The smallest absolute Gasteiger partial charge is 0.296 e. The van der Waals surface area contributed by atoms with Crippen LogP contribution in [0.25, 0.3) is 10.9 Å². The summed E-state index contributed by atoms with van der Waals surface area (Å²) < 4.78 is 41.0. The molecule has 0 N–H and O–H groups in total. The molecule has 0 unspecified atom stereocenters. The van der Waals surface area contributed by atoms with Gasteiger partial charge in [0.1, 0.15) is 10.0 Å². The molecular formula is C18H19FN4O4S2.